The Morgan fingerprint density at radius 3 is 2.58 bits per heavy atom. The van der Waals surface area contributed by atoms with Crippen molar-refractivity contribution >= 4 is 21.7 Å². The molecule has 0 radical (unpaired) electrons. The number of rotatable bonds is 6. The normalized spacial score (nSPS) is 16.3. The fourth-order valence-electron chi connectivity index (χ4n) is 1.93. The highest BCUT2D eigenvalue weighted by atomic mass is 79.9. The molecule has 4 nitrogen and oxygen atoms in total. The van der Waals surface area contributed by atoms with E-state index in [4.69, 9.17) is 9.47 Å². The summed E-state index contributed by atoms with van der Waals surface area (Å²) in [6.45, 7) is 5.13. The Balaban J connectivity index is 1.75. The van der Waals surface area contributed by atoms with Crippen LogP contribution in [0.2, 0.25) is 0 Å². The van der Waals surface area contributed by atoms with Gasteiger partial charge in [-0.25, -0.2) is 0 Å². The number of nitrogens with zero attached hydrogens (tertiary/aromatic N) is 1. The second-order valence-corrected chi connectivity index (χ2v) is 4.94. The van der Waals surface area contributed by atoms with Crippen molar-refractivity contribution < 1.29 is 14.3 Å². The van der Waals surface area contributed by atoms with Gasteiger partial charge in [0.1, 0.15) is 12.4 Å². The van der Waals surface area contributed by atoms with E-state index in [1.54, 1.807) is 12.1 Å². The van der Waals surface area contributed by atoms with Crippen LogP contribution in [-0.4, -0.2) is 55.5 Å². The molecule has 0 unspecified atom stereocenters. The molecule has 5 heteroatoms. The number of carbonyl (C=O) groups excluding carboxylic acids is 1. The summed E-state index contributed by atoms with van der Waals surface area (Å²) in [7, 11) is 0. The fraction of sp³-hybridized carbons (Fsp3) is 0.500. The summed E-state index contributed by atoms with van der Waals surface area (Å²) in [5.74, 6) is 0.888. The lowest BCUT2D eigenvalue weighted by Crippen LogP contribution is -2.38. The van der Waals surface area contributed by atoms with Crippen molar-refractivity contribution in [3.8, 4) is 5.75 Å². The molecule has 0 spiro atoms. The third kappa shape index (κ3) is 4.60. The van der Waals surface area contributed by atoms with E-state index in [-0.39, 0.29) is 5.78 Å². The molecule has 1 heterocycles. The summed E-state index contributed by atoms with van der Waals surface area (Å²) in [6, 6.07) is 7.28. The Hall–Kier alpha value is -0.910. The zero-order valence-corrected chi connectivity index (χ0v) is 12.4. The zero-order valence-electron chi connectivity index (χ0n) is 10.8. The minimum Gasteiger partial charge on any atom is -0.492 e. The van der Waals surface area contributed by atoms with Crippen LogP contribution in [0.1, 0.15) is 10.4 Å². The first-order valence-electron chi connectivity index (χ1n) is 6.42. The highest BCUT2D eigenvalue weighted by Crippen LogP contribution is 2.13. The summed E-state index contributed by atoms with van der Waals surface area (Å²) in [5.41, 5.74) is 0.706. The molecule has 1 saturated heterocycles. The molecule has 0 amide bonds. The van der Waals surface area contributed by atoms with Crippen molar-refractivity contribution in [1.29, 1.82) is 0 Å². The average molecular weight is 328 g/mol. The molecule has 0 aromatic heterocycles. The Morgan fingerprint density at radius 2 is 1.95 bits per heavy atom. The molecule has 104 valence electrons. The molecule has 0 N–H and O–H groups in total. The number of hydrogen-bond acceptors (Lipinski definition) is 4. The van der Waals surface area contributed by atoms with E-state index in [1.165, 1.54) is 0 Å². The smallest absolute Gasteiger partial charge is 0.173 e. The first-order valence-corrected chi connectivity index (χ1v) is 7.54. The molecule has 19 heavy (non-hydrogen) atoms. The molecular formula is C14H18BrNO3. The Kier molecular flexibility index (Phi) is 5.82. The quantitative estimate of drug-likeness (QED) is 0.591. The average Bonchev–Trinajstić information content (AvgIpc) is 2.48. The topological polar surface area (TPSA) is 38.8 Å². The van der Waals surface area contributed by atoms with Crippen LogP contribution in [0.3, 0.4) is 0 Å². The van der Waals surface area contributed by atoms with Crippen LogP contribution in [-0.2, 0) is 4.74 Å². The molecule has 0 atom stereocenters. The third-order valence-corrected chi connectivity index (χ3v) is 3.59. The predicted molar refractivity (Wildman–Crippen MR) is 77.3 cm³/mol. The first-order chi connectivity index (χ1) is 9.29. The van der Waals surface area contributed by atoms with Crippen molar-refractivity contribution in [1.82, 2.24) is 4.90 Å². The van der Waals surface area contributed by atoms with Gasteiger partial charge in [-0.15, -0.1) is 0 Å². The van der Waals surface area contributed by atoms with E-state index in [0.29, 0.717) is 17.5 Å². The van der Waals surface area contributed by atoms with Gasteiger partial charge in [0.25, 0.3) is 0 Å². The number of morpholine rings is 1. The lowest BCUT2D eigenvalue weighted by atomic mass is 10.1. The second kappa shape index (κ2) is 7.62. The maximum atomic E-state index is 11.4. The Labute approximate surface area is 121 Å². The molecule has 1 aliphatic rings. The van der Waals surface area contributed by atoms with Gasteiger partial charge in [-0.2, -0.15) is 0 Å². The van der Waals surface area contributed by atoms with E-state index in [1.807, 2.05) is 12.1 Å². The van der Waals surface area contributed by atoms with Gasteiger partial charge in [0.15, 0.2) is 5.78 Å². The summed E-state index contributed by atoms with van der Waals surface area (Å²) in [5, 5.41) is 0.351. The van der Waals surface area contributed by atoms with Crippen LogP contribution in [0.4, 0.5) is 0 Å². The van der Waals surface area contributed by atoms with Crippen LogP contribution in [0.25, 0.3) is 0 Å². The maximum absolute atomic E-state index is 11.4. The van der Waals surface area contributed by atoms with Crippen molar-refractivity contribution in [2.75, 3.05) is 44.8 Å². The predicted octanol–water partition coefficient (Wildman–Crippen LogP) is 1.98. The van der Waals surface area contributed by atoms with E-state index in [2.05, 4.69) is 20.8 Å². The summed E-state index contributed by atoms with van der Waals surface area (Å²) < 4.78 is 11.0. The number of ketones is 1. The molecule has 1 aromatic carbocycles. The number of ether oxygens (including phenoxy) is 2. The summed E-state index contributed by atoms with van der Waals surface area (Å²) in [6.07, 6.45) is 0. The van der Waals surface area contributed by atoms with Gasteiger partial charge in [-0.1, -0.05) is 15.9 Å². The number of halogens is 1. The SMILES string of the molecule is O=C(CBr)c1ccc(OCCN2CCOCC2)cc1. The lowest BCUT2D eigenvalue weighted by Gasteiger charge is -2.26. The standard InChI is InChI=1S/C14H18BrNO3/c15-11-14(17)12-1-3-13(4-2-12)19-10-7-16-5-8-18-9-6-16/h1-4H,5-11H2. The Morgan fingerprint density at radius 1 is 1.26 bits per heavy atom. The number of hydrogen-bond donors (Lipinski definition) is 0. The summed E-state index contributed by atoms with van der Waals surface area (Å²) >= 11 is 3.16. The van der Waals surface area contributed by atoms with Crippen molar-refractivity contribution in [2.45, 2.75) is 0 Å². The van der Waals surface area contributed by atoms with Crippen LogP contribution in [0, 0.1) is 0 Å². The molecule has 2 rings (SSSR count). The highest BCUT2D eigenvalue weighted by molar-refractivity contribution is 9.09. The van der Waals surface area contributed by atoms with Crippen molar-refractivity contribution in [2.24, 2.45) is 0 Å². The molecule has 1 fully saturated rings. The van der Waals surface area contributed by atoms with Gasteiger partial charge in [0, 0.05) is 25.2 Å². The Bertz CT molecular complexity index is 402. The molecule has 0 bridgehead atoms. The van der Waals surface area contributed by atoms with Crippen LogP contribution < -0.4 is 4.74 Å². The van der Waals surface area contributed by atoms with Gasteiger partial charge >= 0.3 is 0 Å². The molecule has 0 saturated carbocycles. The van der Waals surface area contributed by atoms with Gasteiger partial charge in [-0.05, 0) is 24.3 Å². The van der Waals surface area contributed by atoms with Crippen LogP contribution in [0.15, 0.2) is 24.3 Å². The maximum Gasteiger partial charge on any atom is 0.173 e. The largest absolute Gasteiger partial charge is 0.492 e. The van der Waals surface area contributed by atoms with E-state index in [9.17, 15) is 4.79 Å². The van der Waals surface area contributed by atoms with Crippen molar-refractivity contribution in [3.63, 3.8) is 0 Å². The zero-order chi connectivity index (χ0) is 13.5. The fourth-order valence-corrected chi connectivity index (χ4v) is 2.26. The molecule has 1 aliphatic heterocycles. The van der Waals surface area contributed by atoms with Gasteiger partial charge in [0.05, 0.1) is 18.5 Å². The monoisotopic (exact) mass is 327 g/mol. The van der Waals surface area contributed by atoms with Crippen LogP contribution in [0.5, 0.6) is 5.75 Å². The second-order valence-electron chi connectivity index (χ2n) is 4.38. The van der Waals surface area contributed by atoms with E-state index >= 15 is 0 Å². The number of Topliss-reactive ketones (excluding diaryl/α,β-unsaturated/α-hetero) is 1. The lowest BCUT2D eigenvalue weighted by molar-refractivity contribution is 0.0322. The highest BCUT2D eigenvalue weighted by Gasteiger charge is 2.09. The van der Waals surface area contributed by atoms with E-state index in [0.717, 1.165) is 38.6 Å². The van der Waals surface area contributed by atoms with Crippen LogP contribution >= 0.6 is 15.9 Å². The third-order valence-electron chi connectivity index (χ3n) is 3.08. The first kappa shape index (κ1) is 14.5. The van der Waals surface area contributed by atoms with E-state index < -0.39 is 0 Å². The van der Waals surface area contributed by atoms with Gasteiger partial charge < -0.3 is 9.47 Å². The number of alkyl halides is 1. The summed E-state index contributed by atoms with van der Waals surface area (Å²) in [4.78, 5) is 13.8. The number of carbonyl (C=O) groups is 1. The van der Waals surface area contributed by atoms with Gasteiger partial charge in [0.2, 0.25) is 0 Å². The van der Waals surface area contributed by atoms with Crippen molar-refractivity contribution in [3.05, 3.63) is 29.8 Å². The van der Waals surface area contributed by atoms with Gasteiger partial charge in [-0.3, -0.25) is 9.69 Å². The molecule has 1 aromatic rings. The number of benzene rings is 1. The minimum absolute atomic E-state index is 0.0832. The minimum atomic E-state index is 0.0832. The molecule has 0 aliphatic carbocycles. The molecular weight excluding hydrogens is 310 g/mol.